The van der Waals surface area contributed by atoms with Crippen LogP contribution in [0.25, 0.3) is 16.9 Å². The molecule has 2 aliphatic heterocycles. The standard InChI is InChI=1S/C32H33N7O5/c33-18-22-9-11-26(12-10-22)39-30(41)28(24-6-2-1-3-7-24)38(32(39)42)21-23-13-15-37(16-14-23)31-34-19-25(20-35-31)29(40)36-44-27-8-4-5-17-43-27/h1-3,6-7,9-12,19-20,23,27,41H,4-5,8,13-17,21H2,(H,36,40). The first-order valence-electron chi connectivity index (χ1n) is 14.8. The Morgan fingerprint density at radius 3 is 2.43 bits per heavy atom. The summed E-state index contributed by atoms with van der Waals surface area (Å²) >= 11 is 0. The number of hydrogen-bond donors (Lipinski definition) is 2. The van der Waals surface area contributed by atoms with Gasteiger partial charge in [0.15, 0.2) is 6.29 Å². The van der Waals surface area contributed by atoms with Gasteiger partial charge in [0.1, 0.15) is 5.69 Å². The quantitative estimate of drug-likeness (QED) is 0.291. The molecule has 12 nitrogen and oxygen atoms in total. The predicted molar refractivity (Wildman–Crippen MR) is 161 cm³/mol. The number of aromatic hydroxyl groups is 1. The molecule has 2 aromatic heterocycles. The van der Waals surface area contributed by atoms with Crippen LogP contribution in [-0.4, -0.2) is 56.1 Å². The van der Waals surface area contributed by atoms with Crippen molar-refractivity contribution in [3.8, 4) is 28.9 Å². The number of amides is 1. The van der Waals surface area contributed by atoms with E-state index in [1.54, 1.807) is 28.8 Å². The smallest absolute Gasteiger partial charge is 0.336 e. The summed E-state index contributed by atoms with van der Waals surface area (Å²) in [5.41, 5.74) is 4.52. The Balaban J connectivity index is 1.13. The van der Waals surface area contributed by atoms with Crippen molar-refractivity contribution < 1.29 is 19.5 Å². The zero-order valence-corrected chi connectivity index (χ0v) is 24.1. The zero-order valence-electron chi connectivity index (χ0n) is 24.1. The molecule has 4 aromatic rings. The third-order valence-electron chi connectivity index (χ3n) is 8.08. The lowest BCUT2D eigenvalue weighted by molar-refractivity contribution is -0.186. The summed E-state index contributed by atoms with van der Waals surface area (Å²) in [6.45, 7) is 2.40. The number of hydroxylamine groups is 1. The van der Waals surface area contributed by atoms with Crippen LogP contribution in [0.2, 0.25) is 0 Å². The monoisotopic (exact) mass is 595 g/mol. The highest BCUT2D eigenvalue weighted by molar-refractivity contribution is 5.92. The van der Waals surface area contributed by atoms with Crippen molar-refractivity contribution in [2.24, 2.45) is 5.92 Å². The van der Waals surface area contributed by atoms with E-state index in [2.05, 4.69) is 26.4 Å². The third-order valence-corrected chi connectivity index (χ3v) is 8.08. The van der Waals surface area contributed by atoms with Gasteiger partial charge in [-0.2, -0.15) is 5.26 Å². The molecule has 2 fully saturated rings. The van der Waals surface area contributed by atoms with E-state index >= 15 is 0 Å². The Morgan fingerprint density at radius 2 is 1.77 bits per heavy atom. The molecule has 1 unspecified atom stereocenters. The number of hydrogen-bond acceptors (Lipinski definition) is 9. The number of carbonyl (C=O) groups is 1. The molecule has 0 spiro atoms. The van der Waals surface area contributed by atoms with Crippen molar-refractivity contribution in [3.63, 3.8) is 0 Å². The molecule has 0 aliphatic carbocycles. The Morgan fingerprint density at radius 1 is 1.05 bits per heavy atom. The number of carbonyl (C=O) groups excluding carboxylic acids is 1. The van der Waals surface area contributed by atoms with Gasteiger partial charge in [0.05, 0.1) is 22.9 Å². The van der Waals surface area contributed by atoms with Crippen LogP contribution >= 0.6 is 0 Å². The van der Waals surface area contributed by atoms with Gasteiger partial charge < -0.3 is 14.7 Å². The highest BCUT2D eigenvalue weighted by Crippen LogP contribution is 2.32. The summed E-state index contributed by atoms with van der Waals surface area (Å²) in [7, 11) is 0. The minimum absolute atomic E-state index is 0.141. The van der Waals surface area contributed by atoms with Crippen molar-refractivity contribution in [3.05, 3.63) is 88.6 Å². The van der Waals surface area contributed by atoms with E-state index in [-0.39, 0.29) is 17.5 Å². The van der Waals surface area contributed by atoms with E-state index in [4.69, 9.17) is 14.8 Å². The molecule has 0 radical (unpaired) electrons. The maximum atomic E-state index is 13.7. The topological polar surface area (TPSA) is 148 Å². The number of rotatable bonds is 8. The maximum Gasteiger partial charge on any atom is 0.336 e. The lowest BCUT2D eigenvalue weighted by Gasteiger charge is -2.32. The first kappa shape index (κ1) is 29.1. The molecule has 226 valence electrons. The highest BCUT2D eigenvalue weighted by atomic mass is 16.8. The van der Waals surface area contributed by atoms with Gasteiger partial charge in [-0.15, -0.1) is 0 Å². The van der Waals surface area contributed by atoms with E-state index in [0.29, 0.717) is 54.7 Å². The van der Waals surface area contributed by atoms with Gasteiger partial charge in [0.25, 0.3) is 5.91 Å². The molecule has 44 heavy (non-hydrogen) atoms. The first-order valence-corrected chi connectivity index (χ1v) is 14.8. The summed E-state index contributed by atoms with van der Waals surface area (Å²) in [6.07, 6.45) is 6.81. The summed E-state index contributed by atoms with van der Waals surface area (Å²) < 4.78 is 8.40. The summed E-state index contributed by atoms with van der Waals surface area (Å²) in [4.78, 5) is 42.4. The van der Waals surface area contributed by atoms with Crippen molar-refractivity contribution >= 4 is 11.9 Å². The fourth-order valence-corrected chi connectivity index (χ4v) is 5.66. The molecule has 1 amide bonds. The van der Waals surface area contributed by atoms with Crippen LogP contribution in [0.15, 0.2) is 71.8 Å². The number of aromatic nitrogens is 4. The zero-order chi connectivity index (χ0) is 30.5. The van der Waals surface area contributed by atoms with E-state index < -0.39 is 12.2 Å². The largest absolute Gasteiger partial charge is 0.493 e. The summed E-state index contributed by atoms with van der Waals surface area (Å²) in [5, 5.41) is 20.5. The highest BCUT2D eigenvalue weighted by Gasteiger charge is 2.27. The van der Waals surface area contributed by atoms with Gasteiger partial charge in [-0.05, 0) is 55.9 Å². The maximum absolute atomic E-state index is 13.7. The molecular weight excluding hydrogens is 562 g/mol. The average molecular weight is 596 g/mol. The molecule has 2 N–H and O–H groups in total. The SMILES string of the molecule is N#Cc1ccc(-n2c(O)c(-c3ccccc3)n(CC3CCN(c4ncc(C(=O)NOC5CCCCO5)cn4)CC3)c2=O)cc1. The van der Waals surface area contributed by atoms with Crippen LogP contribution in [0, 0.1) is 17.2 Å². The van der Waals surface area contributed by atoms with E-state index in [9.17, 15) is 14.7 Å². The molecule has 2 aromatic carbocycles. The fourth-order valence-electron chi connectivity index (χ4n) is 5.66. The van der Waals surface area contributed by atoms with Crippen molar-refractivity contribution in [2.75, 3.05) is 24.6 Å². The molecule has 4 heterocycles. The Hall–Kier alpha value is -4.99. The Kier molecular flexibility index (Phi) is 8.67. The minimum atomic E-state index is -0.438. The van der Waals surface area contributed by atoms with Crippen LogP contribution in [0.3, 0.4) is 0 Å². The van der Waals surface area contributed by atoms with E-state index in [0.717, 1.165) is 37.7 Å². The molecule has 2 aliphatic rings. The average Bonchev–Trinajstić information content (AvgIpc) is 3.33. The molecule has 0 saturated carbocycles. The Labute approximate surface area is 254 Å². The van der Waals surface area contributed by atoms with Gasteiger partial charge in [-0.3, -0.25) is 9.36 Å². The number of ether oxygens (including phenoxy) is 1. The number of nitriles is 1. The van der Waals surface area contributed by atoms with Gasteiger partial charge in [0, 0.05) is 50.6 Å². The number of nitrogens with zero attached hydrogens (tertiary/aromatic N) is 6. The van der Waals surface area contributed by atoms with E-state index in [1.165, 1.54) is 17.0 Å². The minimum Gasteiger partial charge on any atom is -0.493 e. The fraction of sp³-hybridized carbons (Fsp3) is 0.344. The van der Waals surface area contributed by atoms with Gasteiger partial charge in [-0.1, -0.05) is 30.3 Å². The number of imidazole rings is 1. The van der Waals surface area contributed by atoms with Gasteiger partial charge >= 0.3 is 5.69 Å². The number of benzene rings is 2. The molecule has 12 heteroatoms. The van der Waals surface area contributed by atoms with Crippen LogP contribution in [-0.2, 0) is 16.1 Å². The van der Waals surface area contributed by atoms with Crippen LogP contribution < -0.4 is 16.1 Å². The number of piperidine rings is 1. The summed E-state index contributed by atoms with van der Waals surface area (Å²) in [5.74, 6) is 0.132. The summed E-state index contributed by atoms with van der Waals surface area (Å²) in [6, 6.07) is 18.0. The van der Waals surface area contributed by atoms with Crippen LogP contribution in [0.1, 0.15) is 48.0 Å². The number of anilines is 1. The number of nitrogens with one attached hydrogen (secondary N) is 1. The normalized spacial score (nSPS) is 17.2. The van der Waals surface area contributed by atoms with Crippen molar-refractivity contribution in [1.29, 1.82) is 5.26 Å². The Bertz CT molecular complexity index is 1680. The van der Waals surface area contributed by atoms with E-state index in [1.807, 2.05) is 30.3 Å². The molecule has 0 bridgehead atoms. The third kappa shape index (κ3) is 6.20. The molecule has 1 atom stereocenters. The molecule has 2 saturated heterocycles. The predicted octanol–water partition coefficient (Wildman–Crippen LogP) is 3.78. The second-order valence-electron chi connectivity index (χ2n) is 11.0. The molecular formula is C32H33N7O5. The van der Waals surface area contributed by atoms with Crippen LogP contribution in [0.5, 0.6) is 5.88 Å². The lowest BCUT2D eigenvalue weighted by atomic mass is 9.96. The van der Waals surface area contributed by atoms with Gasteiger partial charge in [0.2, 0.25) is 11.8 Å². The van der Waals surface area contributed by atoms with Crippen molar-refractivity contribution in [1.82, 2.24) is 24.6 Å². The van der Waals surface area contributed by atoms with Crippen molar-refractivity contribution in [2.45, 2.75) is 44.9 Å². The molecule has 6 rings (SSSR count). The van der Waals surface area contributed by atoms with Crippen LogP contribution in [0.4, 0.5) is 5.95 Å². The van der Waals surface area contributed by atoms with Gasteiger partial charge in [-0.25, -0.2) is 29.6 Å². The second-order valence-corrected chi connectivity index (χ2v) is 11.0. The first-order chi connectivity index (χ1) is 21.5. The second kappa shape index (κ2) is 13.1. The lowest BCUT2D eigenvalue weighted by Crippen LogP contribution is -2.37.